The van der Waals surface area contributed by atoms with Crippen molar-refractivity contribution in [3.05, 3.63) is 59.1 Å². The Hall–Kier alpha value is -2.73. The zero-order valence-electron chi connectivity index (χ0n) is 15.7. The van der Waals surface area contributed by atoms with Crippen LogP contribution in [0.25, 0.3) is 10.2 Å². The lowest BCUT2D eigenvalue weighted by Crippen LogP contribution is -2.35. The van der Waals surface area contributed by atoms with Crippen LogP contribution < -0.4 is 10.2 Å². The van der Waals surface area contributed by atoms with Crippen LogP contribution in [0.5, 0.6) is 0 Å². The summed E-state index contributed by atoms with van der Waals surface area (Å²) in [6.45, 7) is 1.37. The van der Waals surface area contributed by atoms with Crippen molar-refractivity contribution in [2.75, 3.05) is 18.0 Å². The Kier molecular flexibility index (Phi) is 5.67. The van der Waals surface area contributed by atoms with Crippen molar-refractivity contribution in [2.45, 2.75) is 32.1 Å². The van der Waals surface area contributed by atoms with Crippen LogP contribution in [-0.4, -0.2) is 29.9 Å². The van der Waals surface area contributed by atoms with Crippen LogP contribution >= 0.6 is 11.3 Å². The topological polar surface area (TPSA) is 62.3 Å². The Morgan fingerprint density at radius 1 is 1.11 bits per heavy atom. The van der Waals surface area contributed by atoms with E-state index < -0.39 is 0 Å². The smallest absolute Gasteiger partial charge is 0.251 e. The standard InChI is InChI=1S/C22H23N3O2S/c26-21-9-3-4-15-25(21)17-12-10-16(11-13-17)22(27)23-14-5-8-20-24-18-6-1-2-7-19(18)28-20/h1-2,6-7,10-13H,3-5,8-9,14-15H2,(H,23,27). The predicted octanol–water partition coefficient (Wildman–Crippen LogP) is 4.18. The Labute approximate surface area is 168 Å². The van der Waals surface area contributed by atoms with E-state index in [1.807, 2.05) is 35.2 Å². The van der Waals surface area contributed by atoms with Gasteiger partial charge < -0.3 is 10.2 Å². The first kappa shape index (κ1) is 18.6. The van der Waals surface area contributed by atoms with Crippen molar-refractivity contribution in [3.63, 3.8) is 0 Å². The molecule has 28 heavy (non-hydrogen) atoms. The zero-order valence-corrected chi connectivity index (χ0v) is 16.5. The average Bonchev–Trinajstić information content (AvgIpc) is 3.14. The van der Waals surface area contributed by atoms with Crippen LogP contribution in [0.3, 0.4) is 0 Å². The monoisotopic (exact) mass is 393 g/mol. The zero-order chi connectivity index (χ0) is 19.3. The Balaban J connectivity index is 1.27. The van der Waals surface area contributed by atoms with Gasteiger partial charge in [0.2, 0.25) is 5.91 Å². The molecule has 2 amide bonds. The van der Waals surface area contributed by atoms with E-state index in [1.54, 1.807) is 23.5 Å². The molecule has 1 fully saturated rings. The molecule has 1 N–H and O–H groups in total. The number of nitrogens with one attached hydrogen (secondary N) is 1. The Morgan fingerprint density at radius 3 is 2.71 bits per heavy atom. The van der Waals surface area contributed by atoms with Crippen LogP contribution in [0, 0.1) is 0 Å². The summed E-state index contributed by atoms with van der Waals surface area (Å²) in [5, 5.41) is 4.07. The second-order valence-electron chi connectivity index (χ2n) is 6.98. The van der Waals surface area contributed by atoms with Gasteiger partial charge in [-0.25, -0.2) is 4.98 Å². The second-order valence-corrected chi connectivity index (χ2v) is 8.10. The maximum atomic E-state index is 12.3. The van der Waals surface area contributed by atoms with Crippen LogP contribution in [0.15, 0.2) is 48.5 Å². The molecule has 0 bridgehead atoms. The highest BCUT2D eigenvalue weighted by Crippen LogP contribution is 2.23. The second kappa shape index (κ2) is 8.52. The van der Waals surface area contributed by atoms with Gasteiger partial charge in [0.15, 0.2) is 0 Å². The number of rotatable bonds is 6. The fourth-order valence-corrected chi connectivity index (χ4v) is 4.45. The molecule has 1 saturated heterocycles. The molecular weight excluding hydrogens is 370 g/mol. The number of carbonyl (C=O) groups excluding carboxylic acids is 2. The summed E-state index contributed by atoms with van der Waals surface area (Å²) in [6, 6.07) is 15.4. The number of fused-ring (bicyclic) bond motifs is 1. The minimum Gasteiger partial charge on any atom is -0.352 e. The van der Waals surface area contributed by atoms with Crippen molar-refractivity contribution in [2.24, 2.45) is 0 Å². The molecule has 1 aliphatic rings. The number of benzene rings is 2. The molecule has 0 atom stereocenters. The number of aromatic nitrogens is 1. The number of hydrogen-bond donors (Lipinski definition) is 1. The highest BCUT2D eigenvalue weighted by Gasteiger charge is 2.19. The molecule has 2 heterocycles. The molecule has 0 saturated carbocycles. The van der Waals surface area contributed by atoms with Crippen LogP contribution in [0.1, 0.15) is 41.0 Å². The summed E-state index contributed by atoms with van der Waals surface area (Å²) in [5.74, 6) is 0.0825. The predicted molar refractivity (Wildman–Crippen MR) is 113 cm³/mol. The van der Waals surface area contributed by atoms with E-state index in [1.165, 1.54) is 4.70 Å². The van der Waals surface area contributed by atoms with Crippen molar-refractivity contribution in [1.29, 1.82) is 0 Å². The lowest BCUT2D eigenvalue weighted by molar-refractivity contribution is -0.119. The molecule has 1 aromatic heterocycles. The van der Waals surface area contributed by atoms with Crippen molar-refractivity contribution >= 4 is 39.1 Å². The first-order valence-electron chi connectivity index (χ1n) is 9.74. The number of nitrogens with zero attached hydrogens (tertiary/aromatic N) is 2. The number of hydrogen-bond acceptors (Lipinski definition) is 4. The van der Waals surface area contributed by atoms with Gasteiger partial charge in [-0.3, -0.25) is 9.59 Å². The van der Waals surface area contributed by atoms with Crippen molar-refractivity contribution in [3.8, 4) is 0 Å². The van der Waals surface area contributed by atoms with Gasteiger partial charge in [0.05, 0.1) is 15.2 Å². The normalized spacial score (nSPS) is 14.4. The first-order chi connectivity index (χ1) is 13.7. The van der Waals surface area contributed by atoms with Crippen LogP contribution in [-0.2, 0) is 11.2 Å². The van der Waals surface area contributed by atoms with Gasteiger partial charge in [0.25, 0.3) is 5.91 Å². The van der Waals surface area contributed by atoms with E-state index in [0.717, 1.165) is 48.4 Å². The van der Waals surface area contributed by atoms with E-state index in [4.69, 9.17) is 0 Å². The summed E-state index contributed by atoms with van der Waals surface area (Å²) in [5.41, 5.74) is 2.53. The maximum Gasteiger partial charge on any atom is 0.251 e. The summed E-state index contributed by atoms with van der Waals surface area (Å²) in [6.07, 6.45) is 4.31. The van der Waals surface area contributed by atoms with E-state index in [-0.39, 0.29) is 11.8 Å². The van der Waals surface area contributed by atoms with Gasteiger partial charge in [-0.15, -0.1) is 11.3 Å². The van der Waals surface area contributed by atoms with Crippen LogP contribution in [0.2, 0.25) is 0 Å². The molecule has 0 radical (unpaired) electrons. The number of anilines is 1. The van der Waals surface area contributed by atoms with E-state index in [2.05, 4.69) is 16.4 Å². The number of piperidine rings is 1. The molecular formula is C22H23N3O2S. The third kappa shape index (κ3) is 4.22. The van der Waals surface area contributed by atoms with E-state index >= 15 is 0 Å². The Bertz CT molecular complexity index is 948. The van der Waals surface area contributed by atoms with Gasteiger partial charge in [-0.2, -0.15) is 0 Å². The highest BCUT2D eigenvalue weighted by atomic mass is 32.1. The number of thiazole rings is 1. The van der Waals surface area contributed by atoms with Crippen LogP contribution in [0.4, 0.5) is 5.69 Å². The average molecular weight is 394 g/mol. The van der Waals surface area contributed by atoms with Crippen molar-refractivity contribution < 1.29 is 9.59 Å². The van der Waals surface area contributed by atoms with E-state index in [9.17, 15) is 9.59 Å². The minimum atomic E-state index is -0.0826. The highest BCUT2D eigenvalue weighted by molar-refractivity contribution is 7.18. The largest absolute Gasteiger partial charge is 0.352 e. The molecule has 6 heteroatoms. The molecule has 144 valence electrons. The number of amides is 2. The third-order valence-corrected chi connectivity index (χ3v) is 6.05. The number of para-hydroxylation sites is 1. The molecule has 3 aromatic rings. The van der Waals surface area contributed by atoms with Crippen molar-refractivity contribution in [1.82, 2.24) is 10.3 Å². The summed E-state index contributed by atoms with van der Waals surface area (Å²) in [7, 11) is 0. The summed E-state index contributed by atoms with van der Waals surface area (Å²) in [4.78, 5) is 30.8. The maximum absolute atomic E-state index is 12.3. The molecule has 0 unspecified atom stereocenters. The van der Waals surface area contributed by atoms with Gasteiger partial charge in [0, 0.05) is 37.2 Å². The van der Waals surface area contributed by atoms with E-state index in [0.29, 0.717) is 18.5 Å². The molecule has 4 rings (SSSR count). The lowest BCUT2D eigenvalue weighted by Gasteiger charge is -2.26. The lowest BCUT2D eigenvalue weighted by atomic mass is 10.1. The summed E-state index contributed by atoms with van der Waals surface area (Å²) >= 11 is 1.71. The summed E-state index contributed by atoms with van der Waals surface area (Å²) < 4.78 is 1.20. The van der Waals surface area contributed by atoms with Gasteiger partial charge in [-0.05, 0) is 55.7 Å². The molecule has 2 aromatic carbocycles. The Morgan fingerprint density at radius 2 is 1.93 bits per heavy atom. The fraction of sp³-hybridized carbons (Fsp3) is 0.318. The van der Waals surface area contributed by atoms with Gasteiger partial charge in [0.1, 0.15) is 0 Å². The molecule has 0 spiro atoms. The molecule has 0 aliphatic carbocycles. The third-order valence-electron chi connectivity index (χ3n) is 4.96. The first-order valence-corrected chi connectivity index (χ1v) is 10.6. The quantitative estimate of drug-likeness (QED) is 0.639. The van der Waals surface area contributed by atoms with Gasteiger partial charge in [-0.1, -0.05) is 12.1 Å². The minimum absolute atomic E-state index is 0.0826. The molecule has 5 nitrogen and oxygen atoms in total. The number of carbonyl (C=O) groups is 2. The fourth-order valence-electron chi connectivity index (χ4n) is 3.44. The SMILES string of the molecule is O=C(NCCCc1nc2ccccc2s1)c1ccc(N2CCCCC2=O)cc1. The van der Waals surface area contributed by atoms with Gasteiger partial charge >= 0.3 is 0 Å². The number of aryl methyl sites for hydroxylation is 1. The molecule has 1 aliphatic heterocycles.